The van der Waals surface area contributed by atoms with Gasteiger partial charge in [-0.2, -0.15) is 0 Å². The van der Waals surface area contributed by atoms with Crippen molar-refractivity contribution < 1.29 is 18.3 Å². The van der Waals surface area contributed by atoms with Crippen molar-refractivity contribution in [2.75, 3.05) is 6.61 Å². The first kappa shape index (κ1) is 29.7. The SMILES string of the molecule is Cc1c(S(N)(=O)=O)cc(-c2cc(C(C)(C)C)c(OCC(C)(C)O)c(C(C)(C)C)c2)n1CC1CCCCC1. The molecule has 1 aliphatic carbocycles. The second kappa shape index (κ2) is 10.4. The van der Waals surface area contributed by atoms with E-state index in [1.807, 2.05) is 6.92 Å². The molecule has 0 amide bonds. The summed E-state index contributed by atoms with van der Waals surface area (Å²) in [6.45, 7) is 19.2. The molecular formula is C30H48N2O4S. The minimum absolute atomic E-state index is 0.172. The van der Waals surface area contributed by atoms with Crippen LogP contribution in [0, 0.1) is 12.8 Å². The second-order valence-electron chi connectivity index (χ2n) is 13.6. The first-order valence-electron chi connectivity index (χ1n) is 13.6. The molecule has 2 aromatic rings. The largest absolute Gasteiger partial charge is 0.490 e. The standard InChI is InChI=1S/C30H48N2O4S/c1-20-26(37(31,34)35)17-25(32(20)18-21-13-11-10-12-14-21)22-15-23(28(2,3)4)27(36-19-30(8,9)33)24(16-22)29(5,6)7/h15-17,21,33H,10-14,18-19H2,1-9H3,(H2,31,34,35). The number of rotatable bonds is 7. The third-order valence-corrected chi connectivity index (χ3v) is 8.39. The summed E-state index contributed by atoms with van der Waals surface area (Å²) in [5, 5.41) is 16.1. The molecule has 37 heavy (non-hydrogen) atoms. The lowest BCUT2D eigenvalue weighted by Crippen LogP contribution is -2.30. The average Bonchev–Trinajstić information content (AvgIpc) is 3.07. The molecule has 0 unspecified atom stereocenters. The number of hydrogen-bond donors (Lipinski definition) is 2. The topological polar surface area (TPSA) is 94.6 Å². The molecule has 208 valence electrons. The first-order valence-corrected chi connectivity index (χ1v) is 15.1. The molecular weight excluding hydrogens is 484 g/mol. The second-order valence-corrected chi connectivity index (χ2v) is 15.2. The van der Waals surface area contributed by atoms with Crippen molar-refractivity contribution in [1.82, 2.24) is 4.57 Å². The number of sulfonamides is 1. The number of hydrogen-bond acceptors (Lipinski definition) is 4. The number of nitrogens with zero attached hydrogens (tertiary/aromatic N) is 1. The van der Waals surface area contributed by atoms with Crippen LogP contribution in [0.1, 0.15) is 104 Å². The Morgan fingerprint density at radius 2 is 1.46 bits per heavy atom. The van der Waals surface area contributed by atoms with Gasteiger partial charge in [0.25, 0.3) is 0 Å². The quantitative estimate of drug-likeness (QED) is 0.429. The molecule has 1 aromatic heterocycles. The predicted molar refractivity (Wildman–Crippen MR) is 152 cm³/mol. The van der Waals surface area contributed by atoms with Gasteiger partial charge in [-0.15, -0.1) is 0 Å². The fraction of sp³-hybridized carbons (Fsp3) is 0.667. The van der Waals surface area contributed by atoms with Crippen molar-refractivity contribution in [1.29, 1.82) is 0 Å². The highest BCUT2D eigenvalue weighted by molar-refractivity contribution is 7.89. The van der Waals surface area contributed by atoms with E-state index in [4.69, 9.17) is 9.88 Å². The minimum Gasteiger partial charge on any atom is -0.490 e. The molecule has 1 aliphatic rings. The lowest BCUT2D eigenvalue weighted by atomic mass is 9.78. The van der Waals surface area contributed by atoms with Gasteiger partial charge >= 0.3 is 0 Å². The van der Waals surface area contributed by atoms with Crippen LogP contribution in [-0.4, -0.2) is 30.3 Å². The summed E-state index contributed by atoms with van der Waals surface area (Å²) < 4.78 is 33.6. The van der Waals surface area contributed by atoms with Gasteiger partial charge in [0.15, 0.2) is 0 Å². The highest BCUT2D eigenvalue weighted by atomic mass is 32.2. The summed E-state index contributed by atoms with van der Waals surface area (Å²) in [4.78, 5) is 0.190. The minimum atomic E-state index is -3.87. The fourth-order valence-electron chi connectivity index (χ4n) is 5.31. The van der Waals surface area contributed by atoms with Crippen molar-refractivity contribution >= 4 is 10.0 Å². The summed E-state index contributed by atoms with van der Waals surface area (Å²) in [6, 6.07) is 6.01. The number of aliphatic hydroxyl groups is 1. The van der Waals surface area contributed by atoms with E-state index in [1.54, 1.807) is 19.9 Å². The number of benzene rings is 1. The molecule has 1 saturated carbocycles. The van der Waals surface area contributed by atoms with Crippen LogP contribution in [0.25, 0.3) is 11.3 Å². The van der Waals surface area contributed by atoms with Crippen molar-refractivity contribution in [3.05, 3.63) is 35.0 Å². The summed E-state index contributed by atoms with van der Waals surface area (Å²) in [5.41, 5.74) is 3.11. The lowest BCUT2D eigenvalue weighted by Gasteiger charge is -2.32. The van der Waals surface area contributed by atoms with E-state index in [0.29, 0.717) is 11.6 Å². The van der Waals surface area contributed by atoms with E-state index >= 15 is 0 Å². The Morgan fingerprint density at radius 3 is 1.89 bits per heavy atom. The van der Waals surface area contributed by atoms with Gasteiger partial charge in [0.1, 0.15) is 17.3 Å². The van der Waals surface area contributed by atoms with Gasteiger partial charge in [-0.3, -0.25) is 0 Å². The molecule has 1 fully saturated rings. The van der Waals surface area contributed by atoms with Crippen LogP contribution in [0.2, 0.25) is 0 Å². The Kier molecular flexibility index (Phi) is 8.34. The Balaban J connectivity index is 2.29. The van der Waals surface area contributed by atoms with E-state index in [0.717, 1.165) is 47.5 Å². The van der Waals surface area contributed by atoms with E-state index < -0.39 is 15.6 Å². The number of ether oxygens (including phenoxy) is 1. The van der Waals surface area contributed by atoms with E-state index in [-0.39, 0.29) is 22.3 Å². The van der Waals surface area contributed by atoms with Crippen LogP contribution in [0.15, 0.2) is 23.1 Å². The van der Waals surface area contributed by atoms with Gasteiger partial charge in [-0.1, -0.05) is 60.8 Å². The molecule has 0 atom stereocenters. The predicted octanol–water partition coefficient (Wildman–Crippen LogP) is 6.44. The molecule has 1 aromatic carbocycles. The number of primary sulfonamides is 1. The lowest BCUT2D eigenvalue weighted by molar-refractivity contribution is 0.0272. The maximum absolute atomic E-state index is 12.5. The Labute approximate surface area is 224 Å². The zero-order valence-electron chi connectivity index (χ0n) is 24.4. The molecule has 6 nitrogen and oxygen atoms in total. The number of aromatic nitrogens is 1. The van der Waals surface area contributed by atoms with Gasteiger partial charge in [-0.05, 0) is 74.1 Å². The molecule has 0 spiro atoms. The summed E-state index contributed by atoms with van der Waals surface area (Å²) in [6.07, 6.45) is 6.03. The highest BCUT2D eigenvalue weighted by Gasteiger charge is 2.31. The monoisotopic (exact) mass is 532 g/mol. The normalized spacial score (nSPS) is 16.3. The molecule has 3 N–H and O–H groups in total. The van der Waals surface area contributed by atoms with Crippen LogP contribution in [-0.2, 0) is 27.4 Å². The first-order chi connectivity index (χ1) is 16.8. The maximum atomic E-state index is 12.5. The molecule has 7 heteroatoms. The zero-order valence-corrected chi connectivity index (χ0v) is 25.2. The molecule has 1 heterocycles. The van der Waals surface area contributed by atoms with Crippen molar-refractivity contribution in [2.45, 2.75) is 122 Å². The Hall–Kier alpha value is -1.83. The van der Waals surface area contributed by atoms with Crippen molar-refractivity contribution in [3.63, 3.8) is 0 Å². The van der Waals surface area contributed by atoms with Crippen LogP contribution < -0.4 is 9.88 Å². The fourth-order valence-corrected chi connectivity index (χ4v) is 6.10. The Bertz CT molecular complexity index is 1180. The average molecular weight is 533 g/mol. The van der Waals surface area contributed by atoms with Gasteiger partial charge < -0.3 is 14.4 Å². The van der Waals surface area contributed by atoms with Crippen LogP contribution in [0.4, 0.5) is 0 Å². The van der Waals surface area contributed by atoms with Gasteiger partial charge in [-0.25, -0.2) is 13.6 Å². The molecule has 0 radical (unpaired) electrons. The molecule has 0 saturated heterocycles. The molecule has 0 bridgehead atoms. The van der Waals surface area contributed by atoms with Crippen molar-refractivity contribution in [2.24, 2.45) is 11.1 Å². The third-order valence-electron chi connectivity index (χ3n) is 7.36. The molecule has 3 rings (SSSR count). The molecule has 0 aliphatic heterocycles. The van der Waals surface area contributed by atoms with E-state index in [2.05, 4.69) is 58.2 Å². The zero-order chi connectivity index (χ0) is 28.0. The highest BCUT2D eigenvalue weighted by Crippen LogP contribution is 2.44. The van der Waals surface area contributed by atoms with Crippen LogP contribution >= 0.6 is 0 Å². The van der Waals surface area contributed by atoms with Crippen molar-refractivity contribution in [3.8, 4) is 17.0 Å². The van der Waals surface area contributed by atoms with E-state index in [1.165, 1.54) is 19.3 Å². The summed E-state index contributed by atoms with van der Waals surface area (Å²) >= 11 is 0. The van der Waals surface area contributed by atoms with Gasteiger partial charge in [0.2, 0.25) is 10.0 Å². The summed E-state index contributed by atoms with van der Waals surface area (Å²) in [5.74, 6) is 1.31. The third kappa shape index (κ3) is 7.18. The maximum Gasteiger partial charge on any atom is 0.239 e. The smallest absolute Gasteiger partial charge is 0.239 e. The number of nitrogens with two attached hydrogens (primary N) is 1. The van der Waals surface area contributed by atoms with Gasteiger partial charge in [0.05, 0.1) is 5.60 Å². The van der Waals surface area contributed by atoms with Crippen LogP contribution in [0.5, 0.6) is 5.75 Å². The van der Waals surface area contributed by atoms with E-state index in [9.17, 15) is 13.5 Å². The van der Waals surface area contributed by atoms with Gasteiger partial charge in [0, 0.05) is 29.1 Å². The summed E-state index contributed by atoms with van der Waals surface area (Å²) in [7, 11) is -3.87. The Morgan fingerprint density at radius 1 is 0.946 bits per heavy atom. The van der Waals surface area contributed by atoms with Crippen LogP contribution in [0.3, 0.4) is 0 Å².